The monoisotopic (exact) mass is 474 g/mol. The summed E-state index contributed by atoms with van der Waals surface area (Å²) in [5.41, 5.74) is 3.94. The number of pyridine rings is 1. The minimum Gasteiger partial charge on any atom is -0.493 e. The molecule has 8 nitrogen and oxygen atoms in total. The Hall–Kier alpha value is -4.07. The lowest BCUT2D eigenvalue weighted by atomic mass is 9.88. The third kappa shape index (κ3) is 5.37. The van der Waals surface area contributed by atoms with Crippen molar-refractivity contribution in [2.75, 3.05) is 20.8 Å². The molecule has 182 valence electrons. The molecule has 0 fully saturated rings. The first-order valence-corrected chi connectivity index (χ1v) is 11.5. The van der Waals surface area contributed by atoms with E-state index in [4.69, 9.17) is 9.47 Å². The Morgan fingerprint density at radius 2 is 1.83 bits per heavy atom. The first kappa shape index (κ1) is 24.1. The molecule has 1 aliphatic rings. The zero-order valence-electron chi connectivity index (χ0n) is 20.2. The smallest absolute Gasteiger partial charge is 0.318 e. The number of nitrogens with zero attached hydrogens (tertiary/aromatic N) is 2. The number of carbonyl (C=O) groups is 2. The second-order valence-electron chi connectivity index (χ2n) is 8.41. The summed E-state index contributed by atoms with van der Waals surface area (Å²) in [7, 11) is 3.21. The molecule has 35 heavy (non-hydrogen) atoms. The van der Waals surface area contributed by atoms with Crippen molar-refractivity contribution in [3.05, 3.63) is 89.2 Å². The van der Waals surface area contributed by atoms with E-state index in [9.17, 15) is 9.59 Å². The predicted octanol–water partition coefficient (Wildman–Crippen LogP) is 3.46. The Balaban J connectivity index is 1.55. The van der Waals surface area contributed by atoms with Gasteiger partial charge in [0, 0.05) is 25.5 Å². The summed E-state index contributed by atoms with van der Waals surface area (Å²) in [5.74, 6) is 1.01. The zero-order chi connectivity index (χ0) is 24.8. The number of hydrogen-bond donors (Lipinski definition) is 2. The number of benzene rings is 2. The summed E-state index contributed by atoms with van der Waals surface area (Å²) in [6.45, 7) is 2.52. The number of carbonyl (C=O) groups excluding carboxylic acids is 2. The van der Waals surface area contributed by atoms with Crippen molar-refractivity contribution in [1.29, 1.82) is 0 Å². The SMILES string of the molecule is COc1cc2c(cc1OC)[C@@H](c1ccccc1)N(C(=O)N[C@@H](C)C(=O)NCc1cccnc1)CC2. The number of aromatic nitrogens is 1. The lowest BCUT2D eigenvalue weighted by molar-refractivity contribution is -0.122. The van der Waals surface area contributed by atoms with Crippen LogP contribution in [0.15, 0.2) is 67.0 Å². The van der Waals surface area contributed by atoms with Crippen molar-refractivity contribution in [3.63, 3.8) is 0 Å². The molecule has 1 aliphatic heterocycles. The van der Waals surface area contributed by atoms with Gasteiger partial charge in [-0.1, -0.05) is 36.4 Å². The van der Waals surface area contributed by atoms with Crippen molar-refractivity contribution in [1.82, 2.24) is 20.5 Å². The van der Waals surface area contributed by atoms with E-state index < -0.39 is 6.04 Å². The molecule has 0 aliphatic carbocycles. The van der Waals surface area contributed by atoms with Gasteiger partial charge in [-0.25, -0.2) is 4.79 Å². The molecule has 0 unspecified atom stereocenters. The Labute approximate surface area is 205 Å². The number of urea groups is 1. The van der Waals surface area contributed by atoms with Crippen LogP contribution < -0.4 is 20.1 Å². The maximum atomic E-state index is 13.4. The van der Waals surface area contributed by atoms with Crippen LogP contribution in [0.1, 0.15) is 35.2 Å². The van der Waals surface area contributed by atoms with Crippen LogP contribution in [-0.4, -0.2) is 48.6 Å². The van der Waals surface area contributed by atoms with E-state index in [0.29, 0.717) is 31.0 Å². The van der Waals surface area contributed by atoms with E-state index in [1.807, 2.05) is 54.6 Å². The molecule has 2 aromatic carbocycles. The van der Waals surface area contributed by atoms with Gasteiger partial charge in [-0.05, 0) is 53.8 Å². The summed E-state index contributed by atoms with van der Waals surface area (Å²) >= 11 is 0. The molecule has 0 bridgehead atoms. The van der Waals surface area contributed by atoms with Gasteiger partial charge in [0.25, 0.3) is 0 Å². The van der Waals surface area contributed by atoms with Crippen LogP contribution in [0, 0.1) is 0 Å². The fourth-order valence-corrected chi connectivity index (χ4v) is 4.34. The molecule has 0 radical (unpaired) electrons. The fraction of sp³-hybridized carbons (Fsp3) is 0.296. The van der Waals surface area contributed by atoms with Crippen LogP contribution in [0.25, 0.3) is 0 Å². The van der Waals surface area contributed by atoms with Crippen LogP contribution in [0.4, 0.5) is 4.79 Å². The number of amides is 3. The molecule has 0 saturated heterocycles. The summed E-state index contributed by atoms with van der Waals surface area (Å²) in [4.78, 5) is 31.9. The summed E-state index contributed by atoms with van der Waals surface area (Å²) in [6.07, 6.45) is 4.04. The lowest BCUT2D eigenvalue weighted by Gasteiger charge is -2.38. The minimum atomic E-state index is -0.706. The summed E-state index contributed by atoms with van der Waals surface area (Å²) < 4.78 is 11.0. The molecule has 2 atom stereocenters. The molecule has 0 saturated carbocycles. The van der Waals surface area contributed by atoms with Crippen LogP contribution in [0.3, 0.4) is 0 Å². The van der Waals surface area contributed by atoms with E-state index in [1.54, 1.807) is 38.4 Å². The highest BCUT2D eigenvalue weighted by Gasteiger charge is 2.34. The zero-order valence-corrected chi connectivity index (χ0v) is 20.2. The second kappa shape index (κ2) is 10.9. The van der Waals surface area contributed by atoms with Gasteiger partial charge in [0.15, 0.2) is 11.5 Å². The Morgan fingerprint density at radius 1 is 1.09 bits per heavy atom. The first-order valence-electron chi connectivity index (χ1n) is 11.5. The largest absolute Gasteiger partial charge is 0.493 e. The van der Waals surface area contributed by atoms with Crippen molar-refractivity contribution >= 4 is 11.9 Å². The average Bonchev–Trinajstić information content (AvgIpc) is 2.91. The van der Waals surface area contributed by atoms with Crippen molar-refractivity contribution in [2.24, 2.45) is 0 Å². The normalized spacial score (nSPS) is 15.5. The average molecular weight is 475 g/mol. The number of fused-ring (bicyclic) bond motifs is 1. The highest BCUT2D eigenvalue weighted by Crippen LogP contribution is 2.41. The molecular formula is C27H30N4O4. The number of nitrogens with one attached hydrogen (secondary N) is 2. The quantitative estimate of drug-likeness (QED) is 0.547. The van der Waals surface area contributed by atoms with Gasteiger partial charge in [0.2, 0.25) is 5.91 Å². The topological polar surface area (TPSA) is 92.8 Å². The van der Waals surface area contributed by atoms with Crippen LogP contribution >= 0.6 is 0 Å². The Morgan fingerprint density at radius 3 is 2.51 bits per heavy atom. The molecule has 0 spiro atoms. The van der Waals surface area contributed by atoms with E-state index in [2.05, 4.69) is 15.6 Å². The van der Waals surface area contributed by atoms with Crippen molar-refractivity contribution in [3.8, 4) is 11.5 Å². The van der Waals surface area contributed by atoms with Crippen molar-refractivity contribution in [2.45, 2.75) is 32.0 Å². The van der Waals surface area contributed by atoms with Gasteiger partial charge in [-0.15, -0.1) is 0 Å². The van der Waals surface area contributed by atoms with Crippen molar-refractivity contribution < 1.29 is 19.1 Å². The van der Waals surface area contributed by atoms with Gasteiger partial charge in [0.05, 0.1) is 20.3 Å². The third-order valence-corrected chi connectivity index (χ3v) is 6.17. The van der Waals surface area contributed by atoms with Gasteiger partial charge in [-0.3, -0.25) is 9.78 Å². The molecule has 3 amide bonds. The standard InChI is InChI=1S/C27H30N4O4/c1-18(26(32)29-17-19-8-7-12-28-16-19)30-27(33)31-13-11-21-14-23(34-2)24(35-3)15-22(21)25(31)20-9-5-4-6-10-20/h4-10,12,14-16,18,25H,11,13,17H2,1-3H3,(H,29,32)(H,30,33)/t18-,25+/m0/s1. The molecule has 2 N–H and O–H groups in total. The maximum absolute atomic E-state index is 13.4. The van der Waals surface area contributed by atoms with E-state index >= 15 is 0 Å². The number of rotatable bonds is 7. The Kier molecular flexibility index (Phi) is 7.50. The summed E-state index contributed by atoms with van der Waals surface area (Å²) in [6, 6.07) is 16.1. The molecule has 2 heterocycles. The van der Waals surface area contributed by atoms with Crippen LogP contribution in [0.5, 0.6) is 11.5 Å². The number of ether oxygens (including phenoxy) is 2. The maximum Gasteiger partial charge on any atom is 0.318 e. The number of methoxy groups -OCH3 is 2. The van der Waals surface area contributed by atoms with E-state index in [1.165, 1.54) is 0 Å². The van der Waals surface area contributed by atoms with E-state index in [-0.39, 0.29) is 18.0 Å². The third-order valence-electron chi connectivity index (χ3n) is 6.17. The lowest BCUT2D eigenvalue weighted by Crippen LogP contribution is -2.52. The minimum absolute atomic E-state index is 0.262. The van der Waals surface area contributed by atoms with E-state index in [0.717, 1.165) is 22.3 Å². The van der Waals surface area contributed by atoms with Gasteiger partial charge >= 0.3 is 6.03 Å². The predicted molar refractivity (Wildman–Crippen MR) is 132 cm³/mol. The second-order valence-corrected chi connectivity index (χ2v) is 8.41. The molecule has 4 rings (SSSR count). The first-order chi connectivity index (χ1) is 17.0. The highest BCUT2D eigenvalue weighted by molar-refractivity contribution is 5.87. The molecule has 3 aromatic rings. The fourth-order valence-electron chi connectivity index (χ4n) is 4.34. The molecule has 8 heteroatoms. The van der Waals surface area contributed by atoms with Crippen LogP contribution in [0.2, 0.25) is 0 Å². The highest BCUT2D eigenvalue weighted by atomic mass is 16.5. The van der Waals surface area contributed by atoms with Gasteiger partial charge in [-0.2, -0.15) is 0 Å². The molecule has 1 aromatic heterocycles. The summed E-state index contributed by atoms with van der Waals surface area (Å²) in [5, 5.41) is 5.72. The molecular weight excluding hydrogens is 444 g/mol. The van der Waals surface area contributed by atoms with Gasteiger partial charge < -0.3 is 25.0 Å². The van der Waals surface area contributed by atoms with Crippen LogP contribution in [-0.2, 0) is 17.8 Å². The Bertz CT molecular complexity index is 1170. The van der Waals surface area contributed by atoms with Gasteiger partial charge in [0.1, 0.15) is 6.04 Å². The number of hydrogen-bond acceptors (Lipinski definition) is 5.